The Kier molecular flexibility index (Phi) is 5.29. The van der Waals surface area contributed by atoms with Crippen molar-refractivity contribution < 1.29 is 9.47 Å². The highest BCUT2D eigenvalue weighted by Crippen LogP contribution is 2.32. The van der Waals surface area contributed by atoms with Gasteiger partial charge in [-0.1, -0.05) is 19.9 Å². The van der Waals surface area contributed by atoms with Gasteiger partial charge < -0.3 is 14.8 Å². The topological polar surface area (TPSA) is 30.5 Å². The van der Waals surface area contributed by atoms with Gasteiger partial charge in [0.05, 0.1) is 14.2 Å². The van der Waals surface area contributed by atoms with Gasteiger partial charge in [-0.25, -0.2) is 0 Å². The van der Waals surface area contributed by atoms with Crippen LogP contribution in [0.15, 0.2) is 18.2 Å². The van der Waals surface area contributed by atoms with E-state index >= 15 is 0 Å². The molecule has 0 aliphatic heterocycles. The Balaban J connectivity index is 3.03. The summed E-state index contributed by atoms with van der Waals surface area (Å²) in [6.07, 6.45) is 0. The monoisotopic (exact) mass is 237 g/mol. The van der Waals surface area contributed by atoms with E-state index in [1.54, 1.807) is 14.2 Å². The van der Waals surface area contributed by atoms with Crippen molar-refractivity contribution in [3.63, 3.8) is 0 Å². The number of ether oxygens (including phenoxy) is 2. The van der Waals surface area contributed by atoms with Gasteiger partial charge in [-0.05, 0) is 36.6 Å². The first-order valence-electron chi connectivity index (χ1n) is 6.00. The molecule has 3 heteroatoms. The van der Waals surface area contributed by atoms with Crippen LogP contribution in [0, 0.1) is 5.92 Å². The average Bonchev–Trinajstić information content (AvgIpc) is 2.34. The molecule has 1 aromatic carbocycles. The maximum Gasteiger partial charge on any atom is 0.160 e. The lowest BCUT2D eigenvalue weighted by Gasteiger charge is -2.22. The second kappa shape index (κ2) is 6.50. The molecule has 0 aliphatic carbocycles. The predicted molar refractivity (Wildman–Crippen MR) is 71.1 cm³/mol. The third-order valence-corrected chi connectivity index (χ3v) is 3.06. The van der Waals surface area contributed by atoms with E-state index in [1.807, 2.05) is 13.1 Å². The zero-order valence-electron chi connectivity index (χ0n) is 11.4. The summed E-state index contributed by atoms with van der Waals surface area (Å²) < 4.78 is 10.6. The highest BCUT2D eigenvalue weighted by atomic mass is 16.5. The van der Waals surface area contributed by atoms with Crippen molar-refractivity contribution in [2.75, 3.05) is 27.8 Å². The Morgan fingerprint density at radius 1 is 1.12 bits per heavy atom. The van der Waals surface area contributed by atoms with Gasteiger partial charge in [0, 0.05) is 6.54 Å². The summed E-state index contributed by atoms with van der Waals surface area (Å²) in [4.78, 5) is 0. The Morgan fingerprint density at radius 2 is 1.76 bits per heavy atom. The van der Waals surface area contributed by atoms with Crippen molar-refractivity contribution in [2.45, 2.75) is 19.8 Å². The molecule has 0 unspecified atom stereocenters. The second-order valence-electron chi connectivity index (χ2n) is 4.52. The summed E-state index contributed by atoms with van der Waals surface area (Å²) in [7, 11) is 5.31. The van der Waals surface area contributed by atoms with Crippen LogP contribution in [-0.4, -0.2) is 27.8 Å². The van der Waals surface area contributed by atoms with Gasteiger partial charge in [-0.15, -0.1) is 0 Å². The Hall–Kier alpha value is -1.22. The molecule has 1 N–H and O–H groups in total. The molecule has 0 heterocycles. The third-order valence-electron chi connectivity index (χ3n) is 3.06. The second-order valence-corrected chi connectivity index (χ2v) is 4.52. The SMILES string of the molecule is CNC[C@H](c1ccc(OC)c(OC)c1)C(C)C. The van der Waals surface area contributed by atoms with Gasteiger partial charge >= 0.3 is 0 Å². The van der Waals surface area contributed by atoms with Gasteiger partial charge in [0.2, 0.25) is 0 Å². The molecule has 96 valence electrons. The van der Waals surface area contributed by atoms with Crippen molar-refractivity contribution in [3.05, 3.63) is 23.8 Å². The Morgan fingerprint density at radius 3 is 2.24 bits per heavy atom. The molecular weight excluding hydrogens is 214 g/mol. The summed E-state index contributed by atoms with van der Waals surface area (Å²) in [5, 5.41) is 3.24. The molecule has 1 atom stereocenters. The highest BCUT2D eigenvalue weighted by molar-refractivity contribution is 5.44. The lowest BCUT2D eigenvalue weighted by Crippen LogP contribution is -2.21. The van der Waals surface area contributed by atoms with E-state index in [-0.39, 0.29) is 0 Å². The zero-order valence-corrected chi connectivity index (χ0v) is 11.4. The average molecular weight is 237 g/mol. The molecule has 0 spiro atoms. The number of hydrogen-bond acceptors (Lipinski definition) is 3. The first-order valence-corrected chi connectivity index (χ1v) is 6.00. The number of likely N-dealkylation sites (N-methyl/N-ethyl adjacent to an activating group) is 1. The molecule has 1 rings (SSSR count). The summed E-state index contributed by atoms with van der Waals surface area (Å²) in [5.41, 5.74) is 1.28. The number of methoxy groups -OCH3 is 2. The van der Waals surface area contributed by atoms with Crippen molar-refractivity contribution in [3.8, 4) is 11.5 Å². The maximum absolute atomic E-state index is 5.34. The number of nitrogens with one attached hydrogen (secondary N) is 1. The fourth-order valence-electron chi connectivity index (χ4n) is 2.04. The van der Waals surface area contributed by atoms with Crippen LogP contribution in [-0.2, 0) is 0 Å². The van der Waals surface area contributed by atoms with Gasteiger partial charge in [0.15, 0.2) is 11.5 Å². The largest absolute Gasteiger partial charge is 0.493 e. The highest BCUT2D eigenvalue weighted by Gasteiger charge is 2.16. The first-order chi connectivity index (χ1) is 8.13. The van der Waals surface area contributed by atoms with Crippen LogP contribution in [0.5, 0.6) is 11.5 Å². The molecule has 0 radical (unpaired) electrons. The van der Waals surface area contributed by atoms with Crippen LogP contribution >= 0.6 is 0 Å². The zero-order chi connectivity index (χ0) is 12.8. The summed E-state index contributed by atoms with van der Waals surface area (Å²) >= 11 is 0. The van der Waals surface area contributed by atoms with E-state index in [1.165, 1.54) is 5.56 Å². The predicted octanol–water partition coefficient (Wildman–Crippen LogP) is 2.66. The van der Waals surface area contributed by atoms with E-state index in [2.05, 4.69) is 31.3 Å². The molecule has 0 saturated carbocycles. The maximum atomic E-state index is 5.34. The molecular formula is C14H23NO2. The van der Waals surface area contributed by atoms with Gasteiger partial charge in [0.1, 0.15) is 0 Å². The van der Waals surface area contributed by atoms with E-state index in [9.17, 15) is 0 Å². The molecule has 17 heavy (non-hydrogen) atoms. The number of benzene rings is 1. The lowest BCUT2D eigenvalue weighted by molar-refractivity contribution is 0.353. The van der Waals surface area contributed by atoms with Gasteiger partial charge in [-0.3, -0.25) is 0 Å². The normalized spacial score (nSPS) is 12.6. The van der Waals surface area contributed by atoms with Gasteiger partial charge in [-0.2, -0.15) is 0 Å². The molecule has 0 amide bonds. The minimum absolute atomic E-state index is 0.486. The van der Waals surface area contributed by atoms with E-state index in [4.69, 9.17) is 9.47 Å². The number of rotatable bonds is 6. The van der Waals surface area contributed by atoms with Crippen LogP contribution in [0.25, 0.3) is 0 Å². The van der Waals surface area contributed by atoms with Crippen LogP contribution in [0.3, 0.4) is 0 Å². The molecule has 0 saturated heterocycles. The van der Waals surface area contributed by atoms with Crippen LogP contribution < -0.4 is 14.8 Å². The minimum atomic E-state index is 0.486. The quantitative estimate of drug-likeness (QED) is 0.825. The Labute approximate surface area is 104 Å². The summed E-state index contributed by atoms with van der Waals surface area (Å²) in [6.45, 7) is 5.44. The first kappa shape index (κ1) is 13.8. The van der Waals surface area contributed by atoms with Crippen LogP contribution in [0.4, 0.5) is 0 Å². The molecule has 0 aliphatic rings. The standard InChI is InChI=1S/C14H23NO2/c1-10(2)12(9-15-3)11-6-7-13(16-4)14(8-11)17-5/h6-8,10,12,15H,9H2,1-5H3/t12-/m0/s1. The van der Waals surface area contributed by atoms with E-state index in [0.29, 0.717) is 11.8 Å². The number of hydrogen-bond donors (Lipinski definition) is 1. The minimum Gasteiger partial charge on any atom is -0.493 e. The van der Waals surface area contributed by atoms with Crippen molar-refractivity contribution in [1.29, 1.82) is 0 Å². The van der Waals surface area contributed by atoms with Crippen LogP contribution in [0.1, 0.15) is 25.3 Å². The lowest BCUT2D eigenvalue weighted by atomic mass is 9.88. The smallest absolute Gasteiger partial charge is 0.160 e. The fraction of sp³-hybridized carbons (Fsp3) is 0.571. The van der Waals surface area contributed by atoms with Gasteiger partial charge in [0.25, 0.3) is 0 Å². The molecule has 3 nitrogen and oxygen atoms in total. The summed E-state index contributed by atoms with van der Waals surface area (Å²) in [6, 6.07) is 6.16. The van der Waals surface area contributed by atoms with Crippen molar-refractivity contribution in [1.82, 2.24) is 5.32 Å². The van der Waals surface area contributed by atoms with E-state index in [0.717, 1.165) is 18.0 Å². The van der Waals surface area contributed by atoms with Crippen molar-refractivity contribution >= 4 is 0 Å². The molecule has 0 aromatic heterocycles. The Bertz CT molecular complexity index is 350. The van der Waals surface area contributed by atoms with Crippen molar-refractivity contribution in [2.24, 2.45) is 5.92 Å². The third kappa shape index (κ3) is 3.37. The fourth-order valence-corrected chi connectivity index (χ4v) is 2.04. The molecule has 1 aromatic rings. The molecule has 0 fully saturated rings. The summed E-state index contributed by atoms with van der Waals surface area (Å²) in [5.74, 6) is 2.65. The van der Waals surface area contributed by atoms with Crippen LogP contribution in [0.2, 0.25) is 0 Å². The molecule has 0 bridgehead atoms. The van der Waals surface area contributed by atoms with E-state index < -0.39 is 0 Å².